The smallest absolute Gasteiger partial charge is 0.138 e. The Morgan fingerprint density at radius 2 is 2.14 bits per heavy atom. The van der Waals surface area contributed by atoms with Gasteiger partial charge < -0.3 is 21.7 Å². The molecule has 0 aliphatic carbocycles. The number of rotatable bonds is 6. The molecule has 0 amide bonds. The van der Waals surface area contributed by atoms with Crippen LogP contribution in [0.15, 0.2) is 48.4 Å². The van der Waals surface area contributed by atoms with Gasteiger partial charge in [-0.15, -0.1) is 0 Å². The van der Waals surface area contributed by atoms with Crippen LogP contribution < -0.4 is 21.7 Å². The molecule has 2 aliphatic rings. The second-order valence-corrected chi connectivity index (χ2v) is 8.44. The molecule has 0 saturated carbocycles. The molecular weight excluding hydrogens is 348 g/mol. The van der Waals surface area contributed by atoms with Crippen LogP contribution in [0.2, 0.25) is 0 Å². The summed E-state index contributed by atoms with van der Waals surface area (Å²) in [6.07, 6.45) is 7.25. The van der Waals surface area contributed by atoms with E-state index >= 15 is 0 Å². The van der Waals surface area contributed by atoms with Crippen molar-refractivity contribution in [2.75, 3.05) is 25.0 Å². The number of hydrogen-bond donors (Lipinski definition) is 4. The molecule has 0 radical (unpaired) electrons. The van der Waals surface area contributed by atoms with Gasteiger partial charge in [0.15, 0.2) is 0 Å². The molecular formula is C22H32N6. The Balaban J connectivity index is 1.61. The Kier molecular flexibility index (Phi) is 5.42. The van der Waals surface area contributed by atoms with Crippen molar-refractivity contribution in [2.45, 2.75) is 44.7 Å². The second kappa shape index (κ2) is 7.97. The van der Waals surface area contributed by atoms with Crippen LogP contribution in [0.3, 0.4) is 0 Å². The number of hydrogen-bond acceptors (Lipinski definition) is 5. The van der Waals surface area contributed by atoms with Gasteiger partial charge in [0.25, 0.3) is 0 Å². The normalized spacial score (nSPS) is 24.4. The van der Waals surface area contributed by atoms with E-state index < -0.39 is 5.66 Å². The van der Waals surface area contributed by atoms with Gasteiger partial charge in [0.05, 0.1) is 6.20 Å². The summed E-state index contributed by atoms with van der Waals surface area (Å²) in [5.41, 5.74) is 8.63. The van der Waals surface area contributed by atoms with Crippen LogP contribution in [0.1, 0.15) is 43.7 Å². The molecule has 1 fully saturated rings. The monoisotopic (exact) mass is 380 g/mol. The van der Waals surface area contributed by atoms with E-state index in [1.54, 1.807) is 0 Å². The molecule has 28 heavy (non-hydrogen) atoms. The van der Waals surface area contributed by atoms with Gasteiger partial charge in [-0.25, -0.2) is 4.68 Å². The van der Waals surface area contributed by atoms with E-state index in [9.17, 15) is 0 Å². The van der Waals surface area contributed by atoms with E-state index in [0.29, 0.717) is 18.3 Å². The summed E-state index contributed by atoms with van der Waals surface area (Å²) < 4.78 is 1.95. The Morgan fingerprint density at radius 1 is 1.32 bits per heavy atom. The lowest BCUT2D eigenvalue weighted by Gasteiger charge is -2.35. The van der Waals surface area contributed by atoms with Gasteiger partial charge in [-0.1, -0.05) is 44.2 Å². The van der Waals surface area contributed by atoms with Crippen molar-refractivity contribution >= 4 is 5.82 Å². The zero-order valence-electron chi connectivity index (χ0n) is 16.9. The maximum atomic E-state index is 6.95. The van der Waals surface area contributed by atoms with E-state index in [1.807, 2.05) is 16.9 Å². The van der Waals surface area contributed by atoms with Crippen molar-refractivity contribution in [3.63, 3.8) is 0 Å². The number of nitrogens with two attached hydrogens (primary N) is 1. The number of nitrogens with zero attached hydrogens (tertiary/aromatic N) is 2. The molecule has 150 valence electrons. The third-order valence-corrected chi connectivity index (χ3v) is 5.77. The predicted molar refractivity (Wildman–Crippen MR) is 114 cm³/mol. The molecule has 2 aromatic rings. The molecule has 2 aliphatic heterocycles. The summed E-state index contributed by atoms with van der Waals surface area (Å²) in [7, 11) is 0. The lowest BCUT2D eigenvalue weighted by atomic mass is 9.97. The van der Waals surface area contributed by atoms with Gasteiger partial charge >= 0.3 is 0 Å². The molecule has 6 nitrogen and oxygen atoms in total. The first kappa shape index (κ1) is 19.0. The van der Waals surface area contributed by atoms with E-state index in [2.05, 4.69) is 65.2 Å². The predicted octanol–water partition coefficient (Wildman–Crippen LogP) is 2.72. The highest BCUT2D eigenvalue weighted by Crippen LogP contribution is 2.34. The number of anilines is 1. The first-order chi connectivity index (χ1) is 13.5. The minimum absolute atomic E-state index is 0.374. The second-order valence-electron chi connectivity index (χ2n) is 8.44. The first-order valence-corrected chi connectivity index (χ1v) is 10.4. The number of aromatic nitrogens is 2. The molecule has 2 atom stereocenters. The van der Waals surface area contributed by atoms with Gasteiger partial charge in [0, 0.05) is 18.5 Å². The standard InChI is InChI=1S/C22H32N6/c1-16(2)19-15-26-28-21(19)27-20(25-14-18-9-6-10-24-13-18)12-22(28,23)11-17-7-4-3-5-8-17/h3-5,7-8,12,15-16,18,24-25,27H,6,9-11,13-14,23H2,1-2H3. The maximum Gasteiger partial charge on any atom is 0.138 e. The minimum Gasteiger partial charge on any atom is -0.371 e. The minimum atomic E-state index is -0.706. The number of piperidine rings is 1. The average Bonchev–Trinajstić information content (AvgIpc) is 3.13. The Morgan fingerprint density at radius 3 is 2.86 bits per heavy atom. The molecule has 1 aromatic carbocycles. The fourth-order valence-corrected chi connectivity index (χ4v) is 4.20. The lowest BCUT2D eigenvalue weighted by molar-refractivity contribution is 0.333. The Labute approximate surface area is 167 Å². The highest BCUT2D eigenvalue weighted by atomic mass is 15.4. The number of fused-ring (bicyclic) bond motifs is 1. The third kappa shape index (κ3) is 3.93. The van der Waals surface area contributed by atoms with E-state index in [4.69, 9.17) is 5.73 Å². The Bertz CT molecular complexity index is 819. The zero-order valence-corrected chi connectivity index (χ0v) is 16.9. The molecule has 1 aromatic heterocycles. The summed E-state index contributed by atoms with van der Waals surface area (Å²) in [6.45, 7) is 7.53. The van der Waals surface area contributed by atoms with Crippen molar-refractivity contribution in [3.8, 4) is 0 Å². The maximum absolute atomic E-state index is 6.95. The van der Waals surface area contributed by atoms with Gasteiger partial charge in [-0.2, -0.15) is 5.10 Å². The van der Waals surface area contributed by atoms with Crippen molar-refractivity contribution in [2.24, 2.45) is 11.7 Å². The lowest BCUT2D eigenvalue weighted by Crippen LogP contribution is -2.49. The van der Waals surface area contributed by atoms with Crippen LogP contribution in [-0.4, -0.2) is 29.4 Å². The van der Waals surface area contributed by atoms with Crippen LogP contribution in [0.25, 0.3) is 0 Å². The Hall–Kier alpha value is -2.31. The molecule has 0 bridgehead atoms. The summed E-state index contributed by atoms with van der Waals surface area (Å²) in [5.74, 6) is 3.01. The highest BCUT2D eigenvalue weighted by molar-refractivity contribution is 5.54. The SMILES string of the molecule is CC(C)c1cnn2c1NC(NCC1CCCNC1)=CC2(N)Cc1ccccc1. The van der Waals surface area contributed by atoms with Gasteiger partial charge in [0.2, 0.25) is 0 Å². The quantitative estimate of drug-likeness (QED) is 0.620. The molecule has 2 unspecified atom stereocenters. The number of benzene rings is 1. The molecule has 4 rings (SSSR count). The summed E-state index contributed by atoms with van der Waals surface area (Å²) in [5, 5.41) is 15.3. The molecule has 1 saturated heterocycles. The zero-order chi connectivity index (χ0) is 19.6. The number of nitrogens with one attached hydrogen (secondary N) is 3. The van der Waals surface area contributed by atoms with Crippen LogP contribution in [-0.2, 0) is 12.1 Å². The average molecular weight is 381 g/mol. The van der Waals surface area contributed by atoms with Crippen molar-refractivity contribution < 1.29 is 0 Å². The highest BCUT2D eigenvalue weighted by Gasteiger charge is 2.35. The van der Waals surface area contributed by atoms with Crippen molar-refractivity contribution in [1.82, 2.24) is 20.4 Å². The van der Waals surface area contributed by atoms with E-state index in [0.717, 1.165) is 31.3 Å². The van der Waals surface area contributed by atoms with Crippen LogP contribution in [0.5, 0.6) is 0 Å². The van der Waals surface area contributed by atoms with Crippen LogP contribution >= 0.6 is 0 Å². The van der Waals surface area contributed by atoms with E-state index in [1.165, 1.54) is 24.0 Å². The fourth-order valence-electron chi connectivity index (χ4n) is 4.20. The summed E-state index contributed by atoms with van der Waals surface area (Å²) >= 11 is 0. The summed E-state index contributed by atoms with van der Waals surface area (Å²) in [6, 6.07) is 10.4. The summed E-state index contributed by atoms with van der Waals surface area (Å²) in [4.78, 5) is 0. The fraction of sp³-hybridized carbons (Fsp3) is 0.500. The van der Waals surface area contributed by atoms with Crippen molar-refractivity contribution in [1.29, 1.82) is 0 Å². The third-order valence-electron chi connectivity index (χ3n) is 5.77. The van der Waals surface area contributed by atoms with Gasteiger partial charge in [-0.05, 0) is 49.4 Å². The van der Waals surface area contributed by atoms with E-state index in [-0.39, 0.29) is 0 Å². The van der Waals surface area contributed by atoms with Gasteiger partial charge in [-0.3, -0.25) is 0 Å². The van der Waals surface area contributed by atoms with Crippen LogP contribution in [0, 0.1) is 5.92 Å². The molecule has 5 N–H and O–H groups in total. The molecule has 6 heteroatoms. The molecule has 3 heterocycles. The topological polar surface area (TPSA) is 79.9 Å². The van der Waals surface area contributed by atoms with Crippen LogP contribution in [0.4, 0.5) is 5.82 Å². The van der Waals surface area contributed by atoms with Gasteiger partial charge in [0.1, 0.15) is 17.3 Å². The van der Waals surface area contributed by atoms with Crippen molar-refractivity contribution in [3.05, 3.63) is 59.6 Å². The first-order valence-electron chi connectivity index (χ1n) is 10.4. The largest absolute Gasteiger partial charge is 0.371 e. The molecule has 0 spiro atoms.